The molecule has 4 heteroatoms. The van der Waals surface area contributed by atoms with Crippen molar-refractivity contribution in [1.82, 2.24) is 5.32 Å². The van der Waals surface area contributed by atoms with Gasteiger partial charge in [-0.2, -0.15) is 0 Å². The fourth-order valence-electron chi connectivity index (χ4n) is 2.68. The van der Waals surface area contributed by atoms with E-state index in [1.54, 1.807) is 7.11 Å². The van der Waals surface area contributed by atoms with Crippen molar-refractivity contribution >= 4 is 21.6 Å². The van der Waals surface area contributed by atoms with E-state index in [2.05, 4.69) is 56.5 Å². The number of rotatable bonds is 5. The fraction of sp³-hybridized carbons (Fsp3) is 0.294. The van der Waals surface area contributed by atoms with E-state index in [1.165, 1.54) is 16.8 Å². The summed E-state index contributed by atoms with van der Waals surface area (Å²) in [7, 11) is 1.69. The van der Waals surface area contributed by atoms with Crippen LogP contribution >= 0.6 is 15.9 Å². The molecule has 2 aromatic rings. The Hall–Kier alpha value is -1.52. The van der Waals surface area contributed by atoms with Crippen molar-refractivity contribution in [2.24, 2.45) is 0 Å². The summed E-state index contributed by atoms with van der Waals surface area (Å²) in [5, 5.41) is 3.51. The average Bonchev–Trinajstić information content (AvgIpc) is 2.90. The van der Waals surface area contributed by atoms with Crippen molar-refractivity contribution in [3.63, 3.8) is 0 Å². The zero-order valence-electron chi connectivity index (χ0n) is 12.1. The molecule has 0 radical (unpaired) electrons. The number of fused-ring (bicyclic) bond motifs is 1. The molecule has 1 heterocycles. The van der Waals surface area contributed by atoms with Crippen molar-refractivity contribution in [1.29, 1.82) is 0 Å². The number of halogens is 1. The Bertz CT molecular complexity index is 613. The molecule has 3 rings (SSSR count). The van der Waals surface area contributed by atoms with Crippen LogP contribution in [0.4, 0.5) is 5.69 Å². The average molecular weight is 347 g/mol. The molecule has 0 unspecified atom stereocenters. The Balaban J connectivity index is 1.55. The van der Waals surface area contributed by atoms with Crippen LogP contribution in [-0.2, 0) is 13.0 Å². The molecule has 0 bridgehead atoms. The van der Waals surface area contributed by atoms with Gasteiger partial charge in [0, 0.05) is 23.2 Å². The van der Waals surface area contributed by atoms with Gasteiger partial charge in [0.15, 0.2) is 0 Å². The lowest BCUT2D eigenvalue weighted by atomic mass is 10.2. The highest BCUT2D eigenvalue weighted by Crippen LogP contribution is 2.29. The van der Waals surface area contributed by atoms with E-state index in [4.69, 9.17) is 4.74 Å². The second-order valence-electron chi connectivity index (χ2n) is 5.22. The lowest BCUT2D eigenvalue weighted by Crippen LogP contribution is -2.32. The molecule has 1 aliphatic rings. The summed E-state index contributed by atoms with van der Waals surface area (Å²) in [6.45, 7) is 2.83. The van der Waals surface area contributed by atoms with Gasteiger partial charge >= 0.3 is 0 Å². The molecule has 0 fully saturated rings. The Morgan fingerprint density at radius 2 is 2.00 bits per heavy atom. The Labute approximate surface area is 134 Å². The van der Waals surface area contributed by atoms with Gasteiger partial charge in [-0.3, -0.25) is 5.32 Å². The van der Waals surface area contributed by atoms with E-state index in [0.717, 1.165) is 36.4 Å². The van der Waals surface area contributed by atoms with Gasteiger partial charge in [0.05, 0.1) is 13.8 Å². The van der Waals surface area contributed by atoms with Crippen LogP contribution < -0.4 is 15.0 Å². The van der Waals surface area contributed by atoms with Crippen molar-refractivity contribution in [2.75, 3.05) is 25.2 Å². The van der Waals surface area contributed by atoms with Crippen molar-refractivity contribution in [3.8, 4) is 5.75 Å². The summed E-state index contributed by atoms with van der Waals surface area (Å²) < 4.78 is 6.33. The molecule has 0 spiro atoms. The van der Waals surface area contributed by atoms with E-state index < -0.39 is 0 Å². The maximum atomic E-state index is 5.17. The quantitative estimate of drug-likeness (QED) is 0.895. The zero-order chi connectivity index (χ0) is 14.7. The van der Waals surface area contributed by atoms with Crippen LogP contribution in [-0.4, -0.2) is 20.3 Å². The molecule has 110 valence electrons. The van der Waals surface area contributed by atoms with Crippen molar-refractivity contribution < 1.29 is 4.74 Å². The minimum absolute atomic E-state index is 0.867. The molecule has 21 heavy (non-hydrogen) atoms. The number of methoxy groups -OCH3 is 1. The first-order chi connectivity index (χ1) is 10.3. The Kier molecular flexibility index (Phi) is 4.46. The highest BCUT2D eigenvalue weighted by atomic mass is 79.9. The molecule has 2 aromatic carbocycles. The maximum absolute atomic E-state index is 5.17. The van der Waals surface area contributed by atoms with Gasteiger partial charge < -0.3 is 9.64 Å². The summed E-state index contributed by atoms with van der Waals surface area (Å²) in [6, 6.07) is 14.7. The molecule has 3 nitrogen and oxygen atoms in total. The summed E-state index contributed by atoms with van der Waals surface area (Å²) in [5.41, 5.74) is 4.04. The van der Waals surface area contributed by atoms with Gasteiger partial charge in [0.2, 0.25) is 0 Å². The zero-order valence-corrected chi connectivity index (χ0v) is 13.7. The number of anilines is 1. The summed E-state index contributed by atoms with van der Waals surface area (Å²) in [5.74, 6) is 0.901. The lowest BCUT2D eigenvalue weighted by molar-refractivity contribution is 0.414. The molecular formula is C17H19BrN2O. The third-order valence-electron chi connectivity index (χ3n) is 3.82. The first kappa shape index (κ1) is 14.4. The number of nitrogens with zero attached hydrogens (tertiary/aromatic N) is 1. The van der Waals surface area contributed by atoms with Crippen LogP contribution in [0.3, 0.4) is 0 Å². The van der Waals surface area contributed by atoms with E-state index in [-0.39, 0.29) is 0 Å². The van der Waals surface area contributed by atoms with Gasteiger partial charge in [-0.25, -0.2) is 0 Å². The van der Waals surface area contributed by atoms with E-state index in [0.29, 0.717) is 0 Å². The normalized spacial score (nSPS) is 13.3. The minimum Gasteiger partial charge on any atom is -0.497 e. The predicted molar refractivity (Wildman–Crippen MR) is 89.9 cm³/mol. The highest BCUT2D eigenvalue weighted by molar-refractivity contribution is 9.10. The first-order valence-electron chi connectivity index (χ1n) is 7.13. The van der Waals surface area contributed by atoms with Crippen LogP contribution in [0.1, 0.15) is 11.1 Å². The van der Waals surface area contributed by atoms with Gasteiger partial charge in [0.1, 0.15) is 5.75 Å². The summed E-state index contributed by atoms with van der Waals surface area (Å²) >= 11 is 3.54. The van der Waals surface area contributed by atoms with Gasteiger partial charge in [-0.15, -0.1) is 0 Å². The molecule has 1 aliphatic heterocycles. The lowest BCUT2D eigenvalue weighted by Gasteiger charge is -2.20. The molecule has 0 amide bonds. The van der Waals surface area contributed by atoms with Crippen molar-refractivity contribution in [2.45, 2.75) is 13.0 Å². The largest absolute Gasteiger partial charge is 0.497 e. The maximum Gasteiger partial charge on any atom is 0.118 e. The molecular weight excluding hydrogens is 328 g/mol. The second kappa shape index (κ2) is 6.50. The smallest absolute Gasteiger partial charge is 0.118 e. The Morgan fingerprint density at radius 1 is 1.19 bits per heavy atom. The van der Waals surface area contributed by atoms with Crippen LogP contribution in [0.25, 0.3) is 0 Å². The van der Waals surface area contributed by atoms with Gasteiger partial charge in [-0.1, -0.05) is 28.1 Å². The molecule has 1 N–H and O–H groups in total. The number of nitrogens with one attached hydrogen (secondary N) is 1. The highest BCUT2D eigenvalue weighted by Gasteiger charge is 2.18. The molecule has 0 aromatic heterocycles. The molecule has 0 aliphatic carbocycles. The SMILES string of the molecule is COc1ccc(CNCN2CCc3cc(Br)ccc32)cc1. The minimum atomic E-state index is 0.867. The second-order valence-corrected chi connectivity index (χ2v) is 6.14. The van der Waals surface area contributed by atoms with Crippen LogP contribution in [0.15, 0.2) is 46.9 Å². The monoisotopic (exact) mass is 346 g/mol. The molecule has 0 saturated carbocycles. The predicted octanol–water partition coefficient (Wildman–Crippen LogP) is 3.57. The third kappa shape index (κ3) is 3.39. The van der Waals surface area contributed by atoms with E-state index in [9.17, 15) is 0 Å². The third-order valence-corrected chi connectivity index (χ3v) is 4.32. The van der Waals surface area contributed by atoms with Gasteiger partial charge in [0.25, 0.3) is 0 Å². The fourth-order valence-corrected chi connectivity index (χ4v) is 3.09. The van der Waals surface area contributed by atoms with Gasteiger partial charge in [-0.05, 0) is 47.9 Å². The number of hydrogen-bond acceptors (Lipinski definition) is 3. The topological polar surface area (TPSA) is 24.5 Å². The molecule has 0 atom stereocenters. The number of ether oxygens (including phenoxy) is 1. The van der Waals surface area contributed by atoms with E-state index >= 15 is 0 Å². The molecule has 0 saturated heterocycles. The first-order valence-corrected chi connectivity index (χ1v) is 7.92. The van der Waals surface area contributed by atoms with Crippen LogP contribution in [0, 0.1) is 0 Å². The van der Waals surface area contributed by atoms with E-state index in [1.807, 2.05) is 12.1 Å². The Morgan fingerprint density at radius 3 is 2.76 bits per heavy atom. The van der Waals surface area contributed by atoms with Crippen molar-refractivity contribution in [3.05, 3.63) is 58.1 Å². The van der Waals surface area contributed by atoms with Crippen LogP contribution in [0.2, 0.25) is 0 Å². The summed E-state index contributed by atoms with van der Waals surface area (Å²) in [4.78, 5) is 2.39. The number of benzene rings is 2. The summed E-state index contributed by atoms with van der Waals surface area (Å²) in [6.07, 6.45) is 1.12. The number of hydrogen-bond donors (Lipinski definition) is 1. The van der Waals surface area contributed by atoms with Crippen LogP contribution in [0.5, 0.6) is 5.75 Å². The standard InChI is InChI=1S/C17H19BrN2O/c1-21-16-5-2-13(3-6-16)11-19-12-20-9-8-14-10-15(18)4-7-17(14)20/h2-7,10,19H,8-9,11-12H2,1H3.